The number of unbranched alkanes of at least 4 members (excludes halogenated alkanes) is 1. The summed E-state index contributed by atoms with van der Waals surface area (Å²) < 4.78 is 8.27. The third kappa shape index (κ3) is 5.46. The van der Waals surface area contributed by atoms with E-state index in [9.17, 15) is 4.79 Å². The van der Waals surface area contributed by atoms with E-state index in [1.54, 1.807) is 0 Å². The van der Waals surface area contributed by atoms with Crippen molar-refractivity contribution in [2.45, 2.75) is 31.5 Å². The molecule has 0 radical (unpaired) electrons. The molecule has 6 nitrogen and oxygen atoms in total. The van der Waals surface area contributed by atoms with E-state index in [0.29, 0.717) is 40.3 Å². The summed E-state index contributed by atoms with van der Waals surface area (Å²) in [6, 6.07) is 13.7. The molecule has 0 fully saturated rings. The Morgan fingerprint density at radius 3 is 2.74 bits per heavy atom. The van der Waals surface area contributed by atoms with Crippen molar-refractivity contribution >= 4 is 33.6 Å². The lowest BCUT2D eigenvalue weighted by Crippen LogP contribution is -2.26. The van der Waals surface area contributed by atoms with E-state index in [2.05, 4.69) is 38.4 Å². The number of aromatic nitrogens is 3. The second-order valence-corrected chi connectivity index (χ2v) is 7.70. The van der Waals surface area contributed by atoms with Gasteiger partial charge in [-0.2, -0.15) is 0 Å². The molecule has 0 aliphatic carbocycles. The number of halogens is 1. The lowest BCUT2D eigenvalue weighted by atomic mass is 10.2. The number of thioether (sulfide) groups is 1. The van der Waals surface area contributed by atoms with Crippen LogP contribution < -0.4 is 5.32 Å². The minimum atomic E-state index is 0.00463. The highest BCUT2D eigenvalue weighted by Crippen LogP contribution is 2.28. The first-order chi connectivity index (χ1) is 13.2. The van der Waals surface area contributed by atoms with Gasteiger partial charge in [0.2, 0.25) is 11.7 Å². The van der Waals surface area contributed by atoms with E-state index < -0.39 is 0 Å². The number of furan rings is 1. The number of nitrogens with zero attached hydrogens (tertiary/aromatic N) is 3. The second kappa shape index (κ2) is 9.75. The fourth-order valence-electron chi connectivity index (χ4n) is 2.51. The van der Waals surface area contributed by atoms with Crippen LogP contribution >= 0.6 is 27.7 Å². The molecule has 3 rings (SSSR count). The van der Waals surface area contributed by atoms with Crippen LogP contribution in [0.1, 0.15) is 25.3 Å². The van der Waals surface area contributed by atoms with Gasteiger partial charge in [-0.15, -0.1) is 10.2 Å². The first-order valence-corrected chi connectivity index (χ1v) is 10.6. The fraction of sp³-hybridized carbons (Fsp3) is 0.316. The highest BCUT2D eigenvalue weighted by atomic mass is 79.9. The van der Waals surface area contributed by atoms with Crippen molar-refractivity contribution < 1.29 is 9.21 Å². The molecular weight excluding hydrogens is 428 g/mol. The normalized spacial score (nSPS) is 10.9. The molecule has 0 atom stereocenters. The molecule has 0 unspecified atom stereocenters. The van der Waals surface area contributed by atoms with Gasteiger partial charge in [0.25, 0.3) is 0 Å². The first-order valence-electron chi connectivity index (χ1n) is 8.79. The van der Waals surface area contributed by atoms with Crippen molar-refractivity contribution in [3.05, 3.63) is 52.7 Å². The van der Waals surface area contributed by atoms with Gasteiger partial charge in [0, 0.05) is 6.54 Å². The van der Waals surface area contributed by atoms with Gasteiger partial charge in [-0.1, -0.05) is 55.4 Å². The van der Waals surface area contributed by atoms with E-state index in [1.807, 2.05) is 47.0 Å². The molecule has 3 aromatic rings. The lowest BCUT2D eigenvalue weighted by molar-refractivity contribution is -0.118. The number of benzene rings is 1. The lowest BCUT2D eigenvalue weighted by Gasteiger charge is -2.09. The fourth-order valence-corrected chi connectivity index (χ4v) is 3.58. The molecule has 0 saturated heterocycles. The van der Waals surface area contributed by atoms with E-state index in [4.69, 9.17) is 4.42 Å². The summed E-state index contributed by atoms with van der Waals surface area (Å²) >= 11 is 4.70. The Labute approximate surface area is 170 Å². The van der Waals surface area contributed by atoms with E-state index in [-0.39, 0.29) is 5.91 Å². The topological polar surface area (TPSA) is 73.0 Å². The van der Waals surface area contributed by atoms with Crippen LogP contribution in [0.3, 0.4) is 0 Å². The Kier molecular flexibility index (Phi) is 7.11. The zero-order valence-electron chi connectivity index (χ0n) is 15.0. The molecule has 1 aromatic carbocycles. The summed E-state index contributed by atoms with van der Waals surface area (Å²) in [7, 11) is 0. The standard InChI is InChI=1S/C19H21BrN4O2S/c1-2-3-11-21-17(25)13-27-19-23-22-18(15-9-10-16(20)26-15)24(19)12-14-7-5-4-6-8-14/h4-10H,2-3,11-13H2,1H3,(H,21,25). The summed E-state index contributed by atoms with van der Waals surface area (Å²) in [5, 5.41) is 12.2. The number of hydrogen-bond donors (Lipinski definition) is 1. The summed E-state index contributed by atoms with van der Waals surface area (Å²) in [6.45, 7) is 3.40. The molecule has 27 heavy (non-hydrogen) atoms. The molecule has 0 saturated carbocycles. The monoisotopic (exact) mass is 448 g/mol. The predicted octanol–water partition coefficient (Wildman–Crippen LogP) is 4.36. The number of hydrogen-bond acceptors (Lipinski definition) is 5. The van der Waals surface area contributed by atoms with Gasteiger partial charge >= 0.3 is 0 Å². The molecule has 0 spiro atoms. The van der Waals surface area contributed by atoms with Crippen molar-refractivity contribution in [2.24, 2.45) is 0 Å². The number of amides is 1. The van der Waals surface area contributed by atoms with Gasteiger partial charge in [-0.3, -0.25) is 9.36 Å². The van der Waals surface area contributed by atoms with Crippen molar-refractivity contribution in [3.63, 3.8) is 0 Å². The SMILES string of the molecule is CCCCNC(=O)CSc1nnc(-c2ccc(Br)o2)n1Cc1ccccc1. The Balaban J connectivity index is 1.78. The number of carbonyl (C=O) groups excluding carboxylic acids is 1. The molecule has 2 heterocycles. The van der Waals surface area contributed by atoms with E-state index >= 15 is 0 Å². The van der Waals surface area contributed by atoms with Crippen LogP contribution in [0.4, 0.5) is 0 Å². The largest absolute Gasteiger partial charge is 0.446 e. The van der Waals surface area contributed by atoms with Gasteiger partial charge in [0.05, 0.1) is 12.3 Å². The van der Waals surface area contributed by atoms with Crippen molar-refractivity contribution in [1.29, 1.82) is 0 Å². The van der Waals surface area contributed by atoms with Crippen molar-refractivity contribution in [3.8, 4) is 11.6 Å². The average molecular weight is 449 g/mol. The smallest absolute Gasteiger partial charge is 0.230 e. The Morgan fingerprint density at radius 1 is 1.22 bits per heavy atom. The third-order valence-corrected chi connectivity index (χ3v) is 5.27. The molecule has 2 aromatic heterocycles. The van der Waals surface area contributed by atoms with Crippen LogP contribution in [-0.4, -0.2) is 33.0 Å². The Morgan fingerprint density at radius 2 is 2.04 bits per heavy atom. The summed E-state index contributed by atoms with van der Waals surface area (Å²) in [5.74, 6) is 1.58. The zero-order chi connectivity index (χ0) is 19.1. The van der Waals surface area contributed by atoms with Gasteiger partial charge in [-0.25, -0.2) is 0 Å². The maximum absolute atomic E-state index is 12.0. The van der Waals surface area contributed by atoms with Crippen LogP contribution in [0.2, 0.25) is 0 Å². The molecule has 1 N–H and O–H groups in total. The minimum Gasteiger partial charge on any atom is -0.446 e. The molecule has 0 aliphatic rings. The molecular formula is C19H21BrN4O2S. The molecule has 142 valence electrons. The summed E-state index contributed by atoms with van der Waals surface area (Å²) in [4.78, 5) is 12.0. The molecule has 1 amide bonds. The van der Waals surface area contributed by atoms with Crippen LogP contribution in [0.15, 0.2) is 56.7 Å². The second-order valence-electron chi connectivity index (χ2n) is 5.97. The zero-order valence-corrected chi connectivity index (χ0v) is 17.4. The highest BCUT2D eigenvalue weighted by Gasteiger charge is 2.18. The van der Waals surface area contributed by atoms with Crippen LogP contribution in [0.25, 0.3) is 11.6 Å². The summed E-state index contributed by atoms with van der Waals surface area (Å²) in [6.07, 6.45) is 2.04. The van der Waals surface area contributed by atoms with Crippen LogP contribution in [-0.2, 0) is 11.3 Å². The quantitative estimate of drug-likeness (QED) is 0.388. The van der Waals surface area contributed by atoms with E-state index in [0.717, 1.165) is 18.4 Å². The number of carbonyl (C=O) groups is 1. The third-order valence-electron chi connectivity index (χ3n) is 3.88. The molecule has 0 bridgehead atoms. The maximum atomic E-state index is 12.0. The number of rotatable bonds is 9. The van der Waals surface area contributed by atoms with Gasteiger partial charge < -0.3 is 9.73 Å². The minimum absolute atomic E-state index is 0.00463. The molecule has 8 heteroatoms. The maximum Gasteiger partial charge on any atom is 0.230 e. The average Bonchev–Trinajstić information content (AvgIpc) is 3.27. The van der Waals surface area contributed by atoms with Crippen LogP contribution in [0.5, 0.6) is 0 Å². The van der Waals surface area contributed by atoms with Gasteiger partial charge in [0.15, 0.2) is 15.6 Å². The highest BCUT2D eigenvalue weighted by molar-refractivity contribution is 9.10. The molecule has 0 aliphatic heterocycles. The van der Waals surface area contributed by atoms with Crippen molar-refractivity contribution in [2.75, 3.05) is 12.3 Å². The first kappa shape index (κ1) is 19.7. The van der Waals surface area contributed by atoms with Crippen LogP contribution in [0, 0.1) is 0 Å². The predicted molar refractivity (Wildman–Crippen MR) is 110 cm³/mol. The Hall–Kier alpha value is -2.06. The van der Waals surface area contributed by atoms with Crippen molar-refractivity contribution in [1.82, 2.24) is 20.1 Å². The van der Waals surface area contributed by atoms with E-state index in [1.165, 1.54) is 11.8 Å². The Bertz CT molecular complexity index is 879. The number of nitrogens with one attached hydrogen (secondary N) is 1. The summed E-state index contributed by atoms with van der Waals surface area (Å²) in [5.41, 5.74) is 1.12. The van der Waals surface area contributed by atoms with Gasteiger partial charge in [-0.05, 0) is 40.0 Å². The van der Waals surface area contributed by atoms with Gasteiger partial charge in [0.1, 0.15) is 0 Å².